The molecule has 2 unspecified atom stereocenters. The minimum absolute atomic E-state index is 0.0229. The number of ketones is 1. The Balaban J connectivity index is 1.89. The van der Waals surface area contributed by atoms with Gasteiger partial charge in [0.1, 0.15) is 35.5 Å². The van der Waals surface area contributed by atoms with Crippen molar-refractivity contribution in [3.05, 3.63) is 58.4 Å². The first kappa shape index (κ1) is 21.6. The molecule has 1 aliphatic heterocycles. The molecule has 3 N–H and O–H groups in total. The van der Waals surface area contributed by atoms with Gasteiger partial charge in [0.2, 0.25) is 0 Å². The van der Waals surface area contributed by atoms with Crippen molar-refractivity contribution >= 4 is 11.8 Å². The monoisotopic (exact) mass is 416 g/mol. The number of rotatable bonds is 5. The lowest BCUT2D eigenvalue weighted by atomic mass is 9.77. The van der Waals surface area contributed by atoms with Crippen molar-refractivity contribution in [1.82, 2.24) is 0 Å². The predicted octanol–water partition coefficient (Wildman–Crippen LogP) is 1.72. The summed E-state index contributed by atoms with van der Waals surface area (Å²) < 4.78 is 16.0. The average molecular weight is 416 g/mol. The molecule has 2 aliphatic rings. The van der Waals surface area contributed by atoms with Crippen LogP contribution in [0.15, 0.2) is 47.3 Å². The lowest BCUT2D eigenvalue weighted by Crippen LogP contribution is -2.53. The molecule has 1 aromatic rings. The van der Waals surface area contributed by atoms with E-state index in [1.807, 2.05) is 0 Å². The molecule has 160 valence electrons. The van der Waals surface area contributed by atoms with Crippen LogP contribution in [0.5, 0.6) is 11.5 Å². The summed E-state index contributed by atoms with van der Waals surface area (Å²) in [5.74, 6) is -0.927. The molecule has 3 rings (SSSR count). The van der Waals surface area contributed by atoms with Crippen molar-refractivity contribution in [3.8, 4) is 11.5 Å². The van der Waals surface area contributed by atoms with Gasteiger partial charge in [-0.1, -0.05) is 6.08 Å². The van der Waals surface area contributed by atoms with Crippen LogP contribution in [0, 0.1) is 6.92 Å². The third kappa shape index (κ3) is 3.96. The topological polar surface area (TPSA) is 123 Å². The normalized spacial score (nSPS) is 23.7. The number of phenols is 1. The van der Waals surface area contributed by atoms with Gasteiger partial charge in [0.15, 0.2) is 11.4 Å². The van der Waals surface area contributed by atoms with Crippen molar-refractivity contribution in [1.29, 1.82) is 0 Å². The highest BCUT2D eigenvalue weighted by Crippen LogP contribution is 2.37. The highest BCUT2D eigenvalue weighted by Gasteiger charge is 2.48. The molecule has 0 radical (unpaired) electrons. The molecule has 1 aromatic carbocycles. The number of ether oxygens (including phenoxy) is 3. The molecule has 0 aromatic heterocycles. The summed E-state index contributed by atoms with van der Waals surface area (Å²) in [6, 6.07) is 2.86. The number of hydrogen-bond donors (Lipinski definition) is 3. The predicted molar refractivity (Wildman–Crippen MR) is 106 cm³/mol. The molecule has 0 spiro atoms. The fourth-order valence-corrected chi connectivity index (χ4v) is 3.52. The smallest absolute Gasteiger partial charge is 0.342 e. The van der Waals surface area contributed by atoms with Gasteiger partial charge < -0.3 is 29.5 Å². The molecule has 2 atom stereocenters. The van der Waals surface area contributed by atoms with Crippen LogP contribution in [0.1, 0.15) is 29.3 Å². The molecule has 8 heteroatoms. The van der Waals surface area contributed by atoms with Crippen molar-refractivity contribution in [3.63, 3.8) is 0 Å². The number of aliphatic hydroxyl groups excluding tert-OH is 1. The quantitative estimate of drug-likeness (QED) is 0.620. The van der Waals surface area contributed by atoms with Gasteiger partial charge in [0.25, 0.3) is 0 Å². The van der Waals surface area contributed by atoms with Crippen molar-refractivity contribution in [2.75, 3.05) is 20.3 Å². The molecule has 30 heavy (non-hydrogen) atoms. The molecule has 8 nitrogen and oxygen atoms in total. The summed E-state index contributed by atoms with van der Waals surface area (Å²) in [7, 11) is 1.44. The van der Waals surface area contributed by atoms with E-state index in [1.165, 1.54) is 26.2 Å². The Morgan fingerprint density at radius 2 is 2.13 bits per heavy atom. The van der Waals surface area contributed by atoms with E-state index >= 15 is 0 Å². The summed E-state index contributed by atoms with van der Waals surface area (Å²) >= 11 is 0. The van der Waals surface area contributed by atoms with Gasteiger partial charge in [-0.25, -0.2) is 4.79 Å². The van der Waals surface area contributed by atoms with Gasteiger partial charge in [-0.2, -0.15) is 0 Å². The third-order valence-corrected chi connectivity index (χ3v) is 5.22. The lowest BCUT2D eigenvalue weighted by molar-refractivity contribution is -0.146. The minimum atomic E-state index is -1.94. The second-order valence-corrected chi connectivity index (χ2v) is 7.34. The number of aliphatic hydroxyl groups is 2. The number of aryl methyl sites for hydroxylation is 1. The first-order chi connectivity index (χ1) is 14.2. The zero-order valence-electron chi connectivity index (χ0n) is 17.0. The van der Waals surface area contributed by atoms with Gasteiger partial charge in [0, 0.05) is 18.1 Å². The maximum absolute atomic E-state index is 12.8. The van der Waals surface area contributed by atoms with E-state index in [0.29, 0.717) is 28.2 Å². The van der Waals surface area contributed by atoms with E-state index in [0.717, 1.165) is 0 Å². The summed E-state index contributed by atoms with van der Waals surface area (Å²) in [5.41, 5.74) is -0.672. The zero-order chi connectivity index (χ0) is 22.1. The summed E-state index contributed by atoms with van der Waals surface area (Å²) in [4.78, 5) is 25.6. The number of carbonyl (C=O) groups is 2. The Morgan fingerprint density at radius 3 is 2.77 bits per heavy atom. The van der Waals surface area contributed by atoms with E-state index in [2.05, 4.69) is 0 Å². The zero-order valence-corrected chi connectivity index (χ0v) is 17.0. The Hall–Kier alpha value is -3.10. The maximum atomic E-state index is 12.8. The van der Waals surface area contributed by atoms with Crippen LogP contribution < -0.4 is 4.74 Å². The Labute approximate surface area is 173 Å². The number of esters is 1. The molecular weight excluding hydrogens is 392 g/mol. The average Bonchev–Trinajstić information content (AvgIpc) is 2.69. The molecule has 1 heterocycles. The highest BCUT2D eigenvalue weighted by atomic mass is 16.6. The van der Waals surface area contributed by atoms with Crippen LogP contribution in [0.2, 0.25) is 0 Å². The van der Waals surface area contributed by atoms with Gasteiger partial charge >= 0.3 is 5.97 Å². The standard InChI is InChI=1S/C22H24O8/c1-12-7-15(28-3)10-17(24)19(12)21(26)30-18-9-13-8-14(5-4-6-23)29-11-16(13)20(25)22(18,2)27/h4-5,7-8,10,18,23-24,27H,6,9,11H2,1-3H3. The Kier molecular flexibility index (Phi) is 6.00. The molecule has 0 saturated carbocycles. The van der Waals surface area contributed by atoms with Crippen LogP contribution in [0.25, 0.3) is 0 Å². The SMILES string of the molecule is COc1cc(C)c(C(=O)OC2CC3=C(COC(C=CCO)=C3)C(=O)C2(C)O)c(O)c1. The lowest BCUT2D eigenvalue weighted by Gasteiger charge is -2.38. The van der Waals surface area contributed by atoms with E-state index in [9.17, 15) is 19.8 Å². The summed E-state index contributed by atoms with van der Waals surface area (Å²) in [6.07, 6.45) is 3.62. The van der Waals surface area contributed by atoms with Crippen molar-refractivity contribution < 1.29 is 39.1 Å². The Bertz CT molecular complexity index is 944. The van der Waals surface area contributed by atoms with Gasteiger partial charge in [0.05, 0.1) is 13.7 Å². The van der Waals surface area contributed by atoms with E-state index in [-0.39, 0.29) is 30.9 Å². The first-order valence-electron chi connectivity index (χ1n) is 9.38. The fourth-order valence-electron chi connectivity index (χ4n) is 3.52. The van der Waals surface area contributed by atoms with Crippen LogP contribution in [-0.4, -0.2) is 59.1 Å². The molecule has 0 saturated heterocycles. The number of allylic oxidation sites excluding steroid dienone is 2. The van der Waals surface area contributed by atoms with Gasteiger partial charge in [-0.15, -0.1) is 0 Å². The Morgan fingerprint density at radius 1 is 1.40 bits per heavy atom. The third-order valence-electron chi connectivity index (χ3n) is 5.22. The summed E-state index contributed by atoms with van der Waals surface area (Å²) in [6.45, 7) is 2.73. The number of benzene rings is 1. The largest absolute Gasteiger partial charge is 0.507 e. The molecular formula is C22H24O8. The maximum Gasteiger partial charge on any atom is 0.342 e. The van der Waals surface area contributed by atoms with E-state index in [4.69, 9.17) is 19.3 Å². The van der Waals surface area contributed by atoms with Crippen LogP contribution in [0.4, 0.5) is 0 Å². The molecule has 0 bridgehead atoms. The van der Waals surface area contributed by atoms with Crippen molar-refractivity contribution in [2.45, 2.75) is 32.0 Å². The van der Waals surface area contributed by atoms with E-state index < -0.39 is 23.5 Å². The van der Waals surface area contributed by atoms with Crippen LogP contribution in [0.3, 0.4) is 0 Å². The summed E-state index contributed by atoms with van der Waals surface area (Å²) in [5, 5.41) is 29.9. The highest BCUT2D eigenvalue weighted by molar-refractivity contribution is 6.05. The first-order valence-corrected chi connectivity index (χ1v) is 9.38. The molecule has 0 amide bonds. The number of carbonyl (C=O) groups excluding carboxylic acids is 2. The number of hydrogen-bond acceptors (Lipinski definition) is 8. The minimum Gasteiger partial charge on any atom is -0.507 e. The van der Waals surface area contributed by atoms with E-state index in [1.54, 1.807) is 25.1 Å². The second-order valence-electron chi connectivity index (χ2n) is 7.34. The molecule has 0 fully saturated rings. The number of methoxy groups -OCH3 is 1. The van der Waals surface area contributed by atoms with Crippen molar-refractivity contribution in [2.24, 2.45) is 0 Å². The fraction of sp³-hybridized carbons (Fsp3) is 0.364. The van der Waals surface area contributed by atoms with Crippen LogP contribution in [-0.2, 0) is 14.3 Å². The molecule has 1 aliphatic carbocycles. The number of aromatic hydroxyl groups is 1. The van der Waals surface area contributed by atoms with Crippen LogP contribution >= 0.6 is 0 Å². The second kappa shape index (κ2) is 8.33. The number of Topliss-reactive ketones (excluding diaryl/α,β-unsaturated/α-hetero) is 1. The number of phenolic OH excluding ortho intramolecular Hbond substituents is 1. The van der Waals surface area contributed by atoms with Gasteiger partial charge in [-0.3, -0.25) is 4.79 Å². The van der Waals surface area contributed by atoms with Gasteiger partial charge in [-0.05, 0) is 43.2 Å².